The first-order valence-corrected chi connectivity index (χ1v) is 8.23. The molecule has 23 heavy (non-hydrogen) atoms. The van der Waals surface area contributed by atoms with Crippen molar-refractivity contribution >= 4 is 40.3 Å². The molecule has 1 heterocycles. The van der Waals surface area contributed by atoms with E-state index >= 15 is 0 Å². The van der Waals surface area contributed by atoms with Crippen molar-refractivity contribution in [2.24, 2.45) is 0 Å². The molecule has 0 spiro atoms. The minimum absolute atomic E-state index is 0.338. The summed E-state index contributed by atoms with van der Waals surface area (Å²) in [5.41, 5.74) is 3.23. The van der Waals surface area contributed by atoms with E-state index in [1.54, 1.807) is 23.5 Å². The molecule has 0 bridgehead atoms. The largest absolute Gasteiger partial charge is 0.323 e. The summed E-state index contributed by atoms with van der Waals surface area (Å²) in [6, 6.07) is 14.3. The molecule has 2 N–H and O–H groups in total. The van der Waals surface area contributed by atoms with Gasteiger partial charge in [-0.2, -0.15) is 0 Å². The van der Waals surface area contributed by atoms with Crippen LogP contribution < -0.4 is 10.6 Å². The fourth-order valence-corrected chi connectivity index (χ4v) is 2.87. The number of anilines is 2. The molecule has 0 saturated carbocycles. The molecular weight excluding hydrogens is 330 g/mol. The van der Waals surface area contributed by atoms with Gasteiger partial charge >= 0.3 is 6.03 Å². The zero-order chi connectivity index (χ0) is 16.2. The van der Waals surface area contributed by atoms with Crippen LogP contribution in [0, 0.1) is 6.92 Å². The van der Waals surface area contributed by atoms with E-state index in [1.165, 1.54) is 0 Å². The monoisotopic (exact) mass is 343 g/mol. The van der Waals surface area contributed by atoms with Crippen molar-refractivity contribution in [1.82, 2.24) is 4.98 Å². The molecule has 0 radical (unpaired) electrons. The summed E-state index contributed by atoms with van der Waals surface area (Å²) in [6.45, 7) is 1.98. The molecule has 0 atom stereocenters. The van der Waals surface area contributed by atoms with Crippen LogP contribution in [0.15, 0.2) is 53.9 Å². The molecular formula is C17H14ClN3OS. The molecule has 2 aromatic carbocycles. The molecule has 0 saturated heterocycles. The van der Waals surface area contributed by atoms with Crippen LogP contribution in [-0.4, -0.2) is 11.0 Å². The lowest BCUT2D eigenvalue weighted by molar-refractivity contribution is 0.262. The van der Waals surface area contributed by atoms with Crippen LogP contribution in [0.1, 0.15) is 5.01 Å². The summed E-state index contributed by atoms with van der Waals surface area (Å²) in [6.07, 6.45) is 0. The van der Waals surface area contributed by atoms with Gasteiger partial charge in [0.25, 0.3) is 0 Å². The van der Waals surface area contributed by atoms with Crippen molar-refractivity contribution in [3.8, 4) is 11.3 Å². The Kier molecular flexibility index (Phi) is 4.60. The highest BCUT2D eigenvalue weighted by molar-refractivity contribution is 7.09. The van der Waals surface area contributed by atoms with Crippen LogP contribution in [0.25, 0.3) is 11.3 Å². The van der Waals surface area contributed by atoms with Gasteiger partial charge in [0.1, 0.15) is 0 Å². The van der Waals surface area contributed by atoms with Gasteiger partial charge in [0.15, 0.2) is 0 Å². The Morgan fingerprint density at radius 1 is 1.09 bits per heavy atom. The summed E-state index contributed by atoms with van der Waals surface area (Å²) < 4.78 is 0. The van der Waals surface area contributed by atoms with Crippen molar-refractivity contribution < 1.29 is 4.79 Å². The van der Waals surface area contributed by atoms with E-state index in [-0.39, 0.29) is 6.03 Å². The number of benzene rings is 2. The van der Waals surface area contributed by atoms with Gasteiger partial charge in [0, 0.05) is 16.6 Å². The Morgan fingerprint density at radius 2 is 1.83 bits per heavy atom. The van der Waals surface area contributed by atoms with E-state index in [1.807, 2.05) is 48.7 Å². The van der Waals surface area contributed by atoms with Crippen LogP contribution in [0.4, 0.5) is 16.2 Å². The minimum atomic E-state index is -0.338. The first-order chi connectivity index (χ1) is 11.1. The van der Waals surface area contributed by atoms with Gasteiger partial charge in [-0.25, -0.2) is 9.78 Å². The Balaban J connectivity index is 1.66. The van der Waals surface area contributed by atoms with E-state index in [0.717, 1.165) is 16.3 Å². The highest BCUT2D eigenvalue weighted by Gasteiger charge is 2.06. The van der Waals surface area contributed by atoms with Crippen LogP contribution in [0.3, 0.4) is 0 Å². The number of hydrogen-bond donors (Lipinski definition) is 2. The lowest BCUT2D eigenvalue weighted by atomic mass is 10.1. The van der Waals surface area contributed by atoms with Crippen LogP contribution in [-0.2, 0) is 0 Å². The first-order valence-electron chi connectivity index (χ1n) is 6.97. The first kappa shape index (κ1) is 15.5. The highest BCUT2D eigenvalue weighted by atomic mass is 35.5. The molecule has 0 fully saturated rings. The third kappa shape index (κ3) is 3.88. The van der Waals surface area contributed by atoms with Gasteiger partial charge in [-0.15, -0.1) is 11.3 Å². The van der Waals surface area contributed by atoms with Gasteiger partial charge < -0.3 is 10.6 Å². The Hall–Kier alpha value is -2.37. The maximum Gasteiger partial charge on any atom is 0.323 e. The van der Waals surface area contributed by atoms with Crippen molar-refractivity contribution in [3.05, 3.63) is 63.9 Å². The molecule has 2 amide bonds. The SMILES string of the molecule is Cc1nc(-c2ccc(NC(=O)Nc3ccccc3Cl)cc2)cs1. The number of rotatable bonds is 3. The van der Waals surface area contributed by atoms with E-state index < -0.39 is 0 Å². The number of amides is 2. The zero-order valence-electron chi connectivity index (χ0n) is 12.3. The molecule has 0 aliphatic heterocycles. The van der Waals surface area contributed by atoms with Crippen molar-refractivity contribution in [1.29, 1.82) is 0 Å². The van der Waals surface area contributed by atoms with Crippen molar-refractivity contribution in [2.75, 3.05) is 10.6 Å². The molecule has 0 unspecified atom stereocenters. The van der Waals surface area contributed by atoms with Crippen molar-refractivity contribution in [2.45, 2.75) is 6.92 Å². The third-order valence-electron chi connectivity index (χ3n) is 3.18. The second kappa shape index (κ2) is 6.81. The van der Waals surface area contributed by atoms with E-state index in [9.17, 15) is 4.79 Å². The number of carbonyl (C=O) groups excluding carboxylic acids is 1. The summed E-state index contributed by atoms with van der Waals surface area (Å²) in [5, 5.41) is 9.03. The van der Waals surface area contributed by atoms with Crippen LogP contribution >= 0.6 is 22.9 Å². The third-order valence-corrected chi connectivity index (χ3v) is 4.28. The molecule has 3 rings (SSSR count). The van der Waals surface area contributed by atoms with Gasteiger partial charge in [-0.05, 0) is 31.2 Å². The molecule has 0 aliphatic carbocycles. The lowest BCUT2D eigenvalue weighted by Crippen LogP contribution is -2.19. The standard InChI is InChI=1S/C17H14ClN3OS/c1-11-19-16(10-23-11)12-6-8-13(9-7-12)20-17(22)21-15-5-3-2-4-14(15)18/h2-10H,1H3,(H2,20,21,22). The molecule has 0 aliphatic rings. The fourth-order valence-electron chi connectivity index (χ4n) is 2.07. The number of urea groups is 1. The number of aromatic nitrogens is 1. The Morgan fingerprint density at radius 3 is 2.48 bits per heavy atom. The number of nitrogens with one attached hydrogen (secondary N) is 2. The molecule has 1 aromatic heterocycles. The highest BCUT2D eigenvalue weighted by Crippen LogP contribution is 2.24. The average molecular weight is 344 g/mol. The quantitative estimate of drug-likeness (QED) is 0.667. The van der Waals surface area contributed by atoms with Crippen LogP contribution in [0.5, 0.6) is 0 Å². The lowest BCUT2D eigenvalue weighted by Gasteiger charge is -2.09. The number of aryl methyl sites for hydroxylation is 1. The zero-order valence-corrected chi connectivity index (χ0v) is 13.9. The van der Waals surface area contributed by atoms with E-state index in [4.69, 9.17) is 11.6 Å². The minimum Gasteiger partial charge on any atom is -0.308 e. The smallest absolute Gasteiger partial charge is 0.308 e. The number of hydrogen-bond acceptors (Lipinski definition) is 3. The summed E-state index contributed by atoms with van der Waals surface area (Å²) in [4.78, 5) is 16.4. The van der Waals surface area contributed by atoms with Gasteiger partial charge in [0.2, 0.25) is 0 Å². The molecule has 3 aromatic rings. The molecule has 4 nitrogen and oxygen atoms in total. The Labute approximate surface area is 143 Å². The van der Waals surface area contributed by atoms with Crippen LogP contribution in [0.2, 0.25) is 5.02 Å². The fraction of sp³-hybridized carbons (Fsp3) is 0.0588. The summed E-state index contributed by atoms with van der Waals surface area (Å²) in [5.74, 6) is 0. The summed E-state index contributed by atoms with van der Waals surface area (Å²) in [7, 11) is 0. The topological polar surface area (TPSA) is 54.0 Å². The molecule has 116 valence electrons. The predicted octanol–water partition coefficient (Wildman–Crippen LogP) is 5.42. The van der Waals surface area contributed by atoms with Gasteiger partial charge in [0.05, 0.1) is 21.4 Å². The number of carbonyl (C=O) groups is 1. The normalized spacial score (nSPS) is 10.3. The Bertz CT molecular complexity index is 830. The predicted molar refractivity (Wildman–Crippen MR) is 96.4 cm³/mol. The van der Waals surface area contributed by atoms with Gasteiger partial charge in [-0.3, -0.25) is 0 Å². The number of halogens is 1. The maximum absolute atomic E-state index is 12.0. The number of para-hydroxylation sites is 1. The second-order valence-corrected chi connectivity index (χ2v) is 6.36. The second-order valence-electron chi connectivity index (χ2n) is 4.89. The maximum atomic E-state index is 12.0. The van der Waals surface area contributed by atoms with E-state index in [0.29, 0.717) is 16.4 Å². The average Bonchev–Trinajstić information content (AvgIpc) is 2.97. The number of nitrogens with zero attached hydrogens (tertiary/aromatic N) is 1. The summed E-state index contributed by atoms with van der Waals surface area (Å²) >= 11 is 7.63. The van der Waals surface area contributed by atoms with E-state index in [2.05, 4.69) is 15.6 Å². The van der Waals surface area contributed by atoms with Gasteiger partial charge in [-0.1, -0.05) is 35.9 Å². The number of thiazole rings is 1. The van der Waals surface area contributed by atoms with Crippen molar-refractivity contribution in [3.63, 3.8) is 0 Å². The molecule has 6 heteroatoms.